The van der Waals surface area contributed by atoms with Gasteiger partial charge in [-0.1, -0.05) is 24.3 Å². The number of benzene rings is 2. The van der Waals surface area contributed by atoms with E-state index in [-0.39, 0.29) is 18.2 Å². The zero-order valence-corrected chi connectivity index (χ0v) is 16.7. The summed E-state index contributed by atoms with van der Waals surface area (Å²) in [6.45, 7) is 1.74. The molecule has 0 unspecified atom stereocenters. The van der Waals surface area contributed by atoms with Gasteiger partial charge in [0.2, 0.25) is 5.91 Å². The summed E-state index contributed by atoms with van der Waals surface area (Å²) < 4.78 is 24.4. The summed E-state index contributed by atoms with van der Waals surface area (Å²) >= 11 is 1.17. The lowest BCUT2D eigenvalue weighted by Crippen LogP contribution is -2.23. The quantitative estimate of drug-likeness (QED) is 0.534. The predicted octanol–water partition coefficient (Wildman–Crippen LogP) is 4.47. The van der Waals surface area contributed by atoms with E-state index in [9.17, 15) is 14.0 Å². The lowest BCUT2D eigenvalue weighted by molar-refractivity contribution is -0.115. The summed E-state index contributed by atoms with van der Waals surface area (Å²) in [5.41, 5.74) is 1.95. The third kappa shape index (κ3) is 5.04. The molecule has 1 heterocycles. The van der Waals surface area contributed by atoms with Gasteiger partial charge in [-0.05, 0) is 29.8 Å². The molecule has 8 heteroatoms. The second kappa shape index (κ2) is 9.40. The Morgan fingerprint density at radius 1 is 1.10 bits per heavy atom. The molecule has 3 rings (SSSR count). The molecule has 0 saturated carbocycles. The molecule has 1 amide bonds. The third-order valence-corrected chi connectivity index (χ3v) is 4.87. The van der Waals surface area contributed by atoms with E-state index in [1.165, 1.54) is 35.3 Å². The van der Waals surface area contributed by atoms with Gasteiger partial charge >= 0.3 is 5.97 Å². The van der Waals surface area contributed by atoms with Crippen LogP contribution in [0.3, 0.4) is 0 Å². The number of aromatic nitrogens is 1. The number of ether oxygens (including phenoxy) is 2. The average Bonchev–Trinajstić information content (AvgIpc) is 3.17. The number of amides is 1. The van der Waals surface area contributed by atoms with Crippen LogP contribution in [0, 0.1) is 5.82 Å². The highest BCUT2D eigenvalue weighted by Crippen LogP contribution is 2.30. The first-order valence-corrected chi connectivity index (χ1v) is 9.62. The monoisotopic (exact) mass is 414 g/mol. The first-order valence-electron chi connectivity index (χ1n) is 8.74. The topological polar surface area (TPSA) is 68.7 Å². The van der Waals surface area contributed by atoms with E-state index in [2.05, 4.69) is 4.98 Å². The molecule has 0 radical (unpaired) electrons. The summed E-state index contributed by atoms with van der Waals surface area (Å²) in [6.07, 6.45) is 0. The minimum absolute atomic E-state index is 0.0574. The van der Waals surface area contributed by atoms with E-state index in [4.69, 9.17) is 9.47 Å². The normalized spacial score (nSPS) is 10.6. The van der Waals surface area contributed by atoms with E-state index in [0.717, 1.165) is 5.56 Å². The Labute approximate surface area is 171 Å². The van der Waals surface area contributed by atoms with Gasteiger partial charge in [-0.2, -0.15) is 0 Å². The number of hydrogen-bond donors (Lipinski definition) is 0. The van der Waals surface area contributed by atoms with Gasteiger partial charge in [0.05, 0.1) is 23.6 Å². The van der Waals surface area contributed by atoms with Crippen molar-refractivity contribution in [3.8, 4) is 0 Å². The van der Waals surface area contributed by atoms with Gasteiger partial charge in [0.15, 0.2) is 5.13 Å². The predicted molar refractivity (Wildman–Crippen MR) is 108 cm³/mol. The van der Waals surface area contributed by atoms with Gasteiger partial charge in [0.25, 0.3) is 0 Å². The van der Waals surface area contributed by atoms with Gasteiger partial charge in [0, 0.05) is 19.4 Å². The van der Waals surface area contributed by atoms with Crippen LogP contribution in [0.25, 0.3) is 0 Å². The molecule has 0 atom stereocenters. The summed E-state index contributed by atoms with van der Waals surface area (Å²) in [6, 6.07) is 12.9. The first-order chi connectivity index (χ1) is 14.0. The highest BCUT2D eigenvalue weighted by Gasteiger charge is 2.21. The van der Waals surface area contributed by atoms with Gasteiger partial charge < -0.3 is 9.47 Å². The maximum atomic E-state index is 14.1. The molecule has 0 fully saturated rings. The number of rotatable bonds is 7. The molecule has 0 aliphatic carbocycles. The number of para-hydroxylation sites is 1. The fourth-order valence-electron chi connectivity index (χ4n) is 2.63. The van der Waals surface area contributed by atoms with Crippen molar-refractivity contribution in [3.05, 3.63) is 76.5 Å². The van der Waals surface area contributed by atoms with E-state index in [0.29, 0.717) is 23.0 Å². The Bertz CT molecular complexity index is 1000. The number of nitrogens with zero attached hydrogens (tertiary/aromatic N) is 2. The maximum absolute atomic E-state index is 14.1. The van der Waals surface area contributed by atoms with Crippen LogP contribution in [0.1, 0.15) is 28.5 Å². The average molecular weight is 414 g/mol. The van der Waals surface area contributed by atoms with Crippen molar-refractivity contribution in [1.29, 1.82) is 0 Å². The Balaban J connectivity index is 1.68. The molecule has 0 aliphatic rings. The maximum Gasteiger partial charge on any atom is 0.338 e. The van der Waals surface area contributed by atoms with Crippen molar-refractivity contribution in [1.82, 2.24) is 4.98 Å². The standard InChI is InChI=1S/C21H19FN2O4S/c1-14(25)24(19-6-4-3-5-18(19)22)21-23-17(13-29-21)12-28-20(26)16-9-7-15(8-10-16)11-27-2/h3-10,13H,11-12H2,1-2H3. The molecule has 2 aromatic carbocycles. The summed E-state index contributed by atoms with van der Waals surface area (Å²) in [4.78, 5) is 29.8. The fraction of sp³-hybridized carbons (Fsp3) is 0.190. The Kier molecular flexibility index (Phi) is 6.69. The smallest absolute Gasteiger partial charge is 0.338 e. The molecule has 150 valence electrons. The van der Waals surface area contributed by atoms with Gasteiger partial charge in [-0.25, -0.2) is 14.2 Å². The zero-order valence-electron chi connectivity index (χ0n) is 15.9. The number of carbonyl (C=O) groups excluding carboxylic acids is 2. The van der Waals surface area contributed by atoms with Crippen molar-refractivity contribution < 1.29 is 23.5 Å². The van der Waals surface area contributed by atoms with E-state index >= 15 is 0 Å². The Morgan fingerprint density at radius 3 is 2.48 bits per heavy atom. The van der Waals surface area contributed by atoms with Crippen LogP contribution < -0.4 is 4.90 Å². The molecule has 1 aromatic heterocycles. The number of esters is 1. The molecule has 0 saturated heterocycles. The van der Waals surface area contributed by atoms with E-state index < -0.39 is 11.8 Å². The molecule has 6 nitrogen and oxygen atoms in total. The molecule has 0 N–H and O–H groups in total. The molecule has 3 aromatic rings. The number of thiazole rings is 1. The number of carbonyl (C=O) groups is 2. The number of anilines is 2. The number of halogens is 1. The van der Waals surface area contributed by atoms with Gasteiger partial charge in [0.1, 0.15) is 12.4 Å². The summed E-state index contributed by atoms with van der Waals surface area (Å²) in [5, 5.41) is 1.97. The van der Waals surface area contributed by atoms with Gasteiger partial charge in [-0.3, -0.25) is 9.69 Å². The van der Waals surface area contributed by atoms with Crippen molar-refractivity contribution in [2.24, 2.45) is 0 Å². The molecular formula is C21H19FN2O4S. The molecule has 0 bridgehead atoms. The molecule has 0 aliphatic heterocycles. The number of methoxy groups -OCH3 is 1. The highest BCUT2D eigenvalue weighted by atomic mass is 32.1. The fourth-order valence-corrected chi connectivity index (χ4v) is 3.50. The second-order valence-electron chi connectivity index (χ2n) is 6.13. The van der Waals surface area contributed by atoms with Crippen LogP contribution in [-0.2, 0) is 27.5 Å². The lowest BCUT2D eigenvalue weighted by atomic mass is 10.1. The SMILES string of the molecule is COCc1ccc(C(=O)OCc2csc(N(C(C)=O)c3ccccc3F)n2)cc1. The largest absolute Gasteiger partial charge is 0.456 e. The van der Waals surface area contributed by atoms with Crippen LogP contribution >= 0.6 is 11.3 Å². The molecule has 0 spiro atoms. The first kappa shape index (κ1) is 20.6. The van der Waals surface area contributed by atoms with Crippen LogP contribution in [0.15, 0.2) is 53.9 Å². The van der Waals surface area contributed by atoms with Crippen LogP contribution in [0.4, 0.5) is 15.2 Å². The van der Waals surface area contributed by atoms with Crippen LogP contribution in [-0.4, -0.2) is 24.0 Å². The highest BCUT2D eigenvalue weighted by molar-refractivity contribution is 7.14. The van der Waals surface area contributed by atoms with Crippen molar-refractivity contribution in [3.63, 3.8) is 0 Å². The van der Waals surface area contributed by atoms with Crippen molar-refractivity contribution in [2.75, 3.05) is 12.0 Å². The van der Waals surface area contributed by atoms with Crippen molar-refractivity contribution >= 4 is 34.0 Å². The summed E-state index contributed by atoms with van der Waals surface area (Å²) in [7, 11) is 1.60. The summed E-state index contributed by atoms with van der Waals surface area (Å²) in [5.74, 6) is -1.38. The minimum Gasteiger partial charge on any atom is -0.456 e. The lowest BCUT2D eigenvalue weighted by Gasteiger charge is -2.18. The Hall–Kier alpha value is -3.10. The number of hydrogen-bond acceptors (Lipinski definition) is 6. The molecule has 29 heavy (non-hydrogen) atoms. The third-order valence-electron chi connectivity index (χ3n) is 3.99. The van der Waals surface area contributed by atoms with E-state index in [1.807, 2.05) is 0 Å². The zero-order chi connectivity index (χ0) is 20.8. The Morgan fingerprint density at radius 2 is 1.83 bits per heavy atom. The molecular weight excluding hydrogens is 395 g/mol. The van der Waals surface area contributed by atoms with E-state index in [1.54, 1.807) is 48.9 Å². The minimum atomic E-state index is -0.525. The van der Waals surface area contributed by atoms with Crippen LogP contribution in [0.2, 0.25) is 0 Å². The van der Waals surface area contributed by atoms with Gasteiger partial charge in [-0.15, -0.1) is 11.3 Å². The van der Waals surface area contributed by atoms with Crippen LogP contribution in [0.5, 0.6) is 0 Å². The second-order valence-corrected chi connectivity index (χ2v) is 6.97. The van der Waals surface area contributed by atoms with Crippen molar-refractivity contribution in [2.45, 2.75) is 20.1 Å².